The molecule has 4 heteroatoms. The smallest absolute Gasteiger partial charge is 0.136 e. The lowest BCUT2D eigenvalue weighted by Gasteiger charge is -2.21. The van der Waals surface area contributed by atoms with E-state index in [0.29, 0.717) is 16.9 Å². The standard InChI is InChI=1S/C13H19N3S/c1-8-5-6-11(9(8)2)16-13-10(12(14)17)4-3-7-15-13/h3-4,7-9,11H,5-6H2,1-2H3,(H2,14,17)(H,15,16). The van der Waals surface area contributed by atoms with Crippen molar-refractivity contribution in [1.29, 1.82) is 0 Å². The first-order valence-electron chi connectivity index (χ1n) is 6.11. The highest BCUT2D eigenvalue weighted by atomic mass is 32.1. The van der Waals surface area contributed by atoms with Crippen LogP contribution >= 0.6 is 12.2 Å². The third kappa shape index (κ3) is 2.57. The van der Waals surface area contributed by atoms with E-state index in [-0.39, 0.29) is 0 Å². The van der Waals surface area contributed by atoms with Crippen LogP contribution in [0.1, 0.15) is 32.3 Å². The van der Waals surface area contributed by atoms with Gasteiger partial charge in [-0.05, 0) is 36.8 Å². The quantitative estimate of drug-likeness (QED) is 0.808. The number of nitrogens with one attached hydrogen (secondary N) is 1. The Labute approximate surface area is 108 Å². The predicted molar refractivity (Wildman–Crippen MR) is 75.1 cm³/mol. The fourth-order valence-electron chi connectivity index (χ4n) is 2.46. The highest BCUT2D eigenvalue weighted by Crippen LogP contribution is 2.33. The number of anilines is 1. The van der Waals surface area contributed by atoms with Gasteiger partial charge in [0.1, 0.15) is 10.8 Å². The van der Waals surface area contributed by atoms with Gasteiger partial charge >= 0.3 is 0 Å². The van der Waals surface area contributed by atoms with Gasteiger partial charge in [-0.15, -0.1) is 0 Å². The van der Waals surface area contributed by atoms with Crippen molar-refractivity contribution < 1.29 is 0 Å². The number of hydrogen-bond acceptors (Lipinski definition) is 3. The molecule has 3 N–H and O–H groups in total. The molecule has 1 aliphatic carbocycles. The molecule has 1 fully saturated rings. The van der Waals surface area contributed by atoms with Gasteiger partial charge in [0, 0.05) is 12.2 Å². The van der Waals surface area contributed by atoms with Gasteiger partial charge in [0.25, 0.3) is 0 Å². The Morgan fingerprint density at radius 1 is 1.47 bits per heavy atom. The summed E-state index contributed by atoms with van der Waals surface area (Å²) in [7, 11) is 0. The molecule has 0 amide bonds. The van der Waals surface area contributed by atoms with E-state index in [1.807, 2.05) is 12.1 Å². The van der Waals surface area contributed by atoms with Crippen LogP contribution in [0.5, 0.6) is 0 Å². The second-order valence-electron chi connectivity index (χ2n) is 4.93. The summed E-state index contributed by atoms with van der Waals surface area (Å²) in [6.45, 7) is 4.60. The summed E-state index contributed by atoms with van der Waals surface area (Å²) in [5.41, 5.74) is 6.54. The van der Waals surface area contributed by atoms with E-state index in [9.17, 15) is 0 Å². The minimum Gasteiger partial charge on any atom is -0.389 e. The third-order valence-electron chi connectivity index (χ3n) is 3.86. The molecule has 1 saturated carbocycles. The molecular formula is C13H19N3S. The molecule has 0 spiro atoms. The van der Waals surface area contributed by atoms with E-state index in [2.05, 4.69) is 24.1 Å². The fraction of sp³-hybridized carbons (Fsp3) is 0.538. The van der Waals surface area contributed by atoms with Crippen molar-refractivity contribution in [3.05, 3.63) is 23.9 Å². The molecule has 92 valence electrons. The maximum absolute atomic E-state index is 5.70. The molecule has 0 aliphatic heterocycles. The molecule has 3 atom stereocenters. The summed E-state index contributed by atoms with van der Waals surface area (Å²) >= 11 is 5.04. The second-order valence-corrected chi connectivity index (χ2v) is 5.37. The Hall–Kier alpha value is -1.16. The molecule has 1 heterocycles. The maximum atomic E-state index is 5.70. The minimum absolute atomic E-state index is 0.402. The van der Waals surface area contributed by atoms with E-state index >= 15 is 0 Å². The Bertz CT molecular complexity index is 419. The van der Waals surface area contributed by atoms with Crippen molar-refractivity contribution in [3.63, 3.8) is 0 Å². The SMILES string of the molecule is CC1CCC(Nc2ncccc2C(N)=S)C1C. The van der Waals surface area contributed by atoms with E-state index in [1.165, 1.54) is 12.8 Å². The number of aromatic nitrogens is 1. The first kappa shape index (κ1) is 12.3. The lowest BCUT2D eigenvalue weighted by atomic mass is 9.98. The normalized spacial score (nSPS) is 28.0. The fourth-order valence-corrected chi connectivity index (χ4v) is 2.63. The average Bonchev–Trinajstić information content (AvgIpc) is 2.61. The van der Waals surface area contributed by atoms with Gasteiger partial charge in [0.15, 0.2) is 0 Å². The zero-order chi connectivity index (χ0) is 12.4. The zero-order valence-corrected chi connectivity index (χ0v) is 11.1. The topological polar surface area (TPSA) is 50.9 Å². The highest BCUT2D eigenvalue weighted by Gasteiger charge is 2.30. The molecule has 1 aromatic heterocycles. The summed E-state index contributed by atoms with van der Waals surface area (Å²) in [5.74, 6) is 2.26. The van der Waals surface area contributed by atoms with Gasteiger partial charge < -0.3 is 11.1 Å². The van der Waals surface area contributed by atoms with Crippen LogP contribution < -0.4 is 11.1 Å². The molecule has 1 aliphatic rings. The van der Waals surface area contributed by atoms with Crippen LogP contribution in [-0.2, 0) is 0 Å². The predicted octanol–water partition coefficient (Wildman–Crippen LogP) is 2.56. The van der Waals surface area contributed by atoms with Crippen LogP contribution in [0, 0.1) is 11.8 Å². The number of nitrogens with zero attached hydrogens (tertiary/aromatic N) is 1. The average molecular weight is 249 g/mol. The zero-order valence-electron chi connectivity index (χ0n) is 10.3. The first-order chi connectivity index (χ1) is 8.09. The lowest BCUT2D eigenvalue weighted by molar-refractivity contribution is 0.435. The molecule has 0 radical (unpaired) electrons. The van der Waals surface area contributed by atoms with Crippen LogP contribution in [0.25, 0.3) is 0 Å². The first-order valence-corrected chi connectivity index (χ1v) is 6.51. The number of rotatable bonds is 3. The van der Waals surface area contributed by atoms with Crippen molar-refractivity contribution in [1.82, 2.24) is 4.98 Å². The van der Waals surface area contributed by atoms with Gasteiger partial charge in [-0.2, -0.15) is 0 Å². The number of hydrogen-bond donors (Lipinski definition) is 2. The molecule has 3 nitrogen and oxygen atoms in total. The Morgan fingerprint density at radius 3 is 2.82 bits per heavy atom. The summed E-state index contributed by atoms with van der Waals surface area (Å²) in [6.07, 6.45) is 4.23. The summed E-state index contributed by atoms with van der Waals surface area (Å²) in [6, 6.07) is 4.26. The maximum Gasteiger partial charge on any atom is 0.136 e. The molecule has 0 aromatic carbocycles. The van der Waals surface area contributed by atoms with E-state index in [1.54, 1.807) is 6.20 Å². The molecular weight excluding hydrogens is 230 g/mol. The monoisotopic (exact) mass is 249 g/mol. The Kier molecular flexibility index (Phi) is 3.62. The van der Waals surface area contributed by atoms with E-state index in [0.717, 1.165) is 17.3 Å². The molecule has 1 aromatic rings. The summed E-state index contributed by atoms with van der Waals surface area (Å²) in [4.78, 5) is 4.75. The third-order valence-corrected chi connectivity index (χ3v) is 4.08. The van der Waals surface area contributed by atoms with Gasteiger partial charge in [-0.1, -0.05) is 26.1 Å². The minimum atomic E-state index is 0.402. The van der Waals surface area contributed by atoms with Gasteiger partial charge in [0.2, 0.25) is 0 Å². The van der Waals surface area contributed by atoms with E-state index in [4.69, 9.17) is 18.0 Å². The largest absolute Gasteiger partial charge is 0.389 e. The summed E-state index contributed by atoms with van der Waals surface area (Å²) < 4.78 is 0. The van der Waals surface area contributed by atoms with Gasteiger partial charge in [-0.3, -0.25) is 0 Å². The van der Waals surface area contributed by atoms with Gasteiger partial charge in [0.05, 0.1) is 5.56 Å². The van der Waals surface area contributed by atoms with Crippen molar-refractivity contribution in [3.8, 4) is 0 Å². The van der Waals surface area contributed by atoms with Crippen LogP contribution in [0.4, 0.5) is 5.82 Å². The molecule has 0 saturated heterocycles. The number of thiocarbonyl (C=S) groups is 1. The summed E-state index contributed by atoms with van der Waals surface area (Å²) in [5, 5.41) is 3.49. The Balaban J connectivity index is 2.16. The number of nitrogens with two attached hydrogens (primary N) is 1. The molecule has 3 unspecified atom stereocenters. The van der Waals surface area contributed by atoms with Crippen molar-refractivity contribution >= 4 is 23.0 Å². The van der Waals surface area contributed by atoms with Crippen molar-refractivity contribution in [2.24, 2.45) is 17.6 Å². The van der Waals surface area contributed by atoms with E-state index < -0.39 is 0 Å². The van der Waals surface area contributed by atoms with Crippen molar-refractivity contribution in [2.45, 2.75) is 32.7 Å². The van der Waals surface area contributed by atoms with Crippen LogP contribution in [0.3, 0.4) is 0 Å². The highest BCUT2D eigenvalue weighted by molar-refractivity contribution is 7.80. The molecule has 0 bridgehead atoms. The Morgan fingerprint density at radius 2 is 2.24 bits per heavy atom. The number of pyridine rings is 1. The molecule has 2 rings (SSSR count). The van der Waals surface area contributed by atoms with Crippen LogP contribution in [0.2, 0.25) is 0 Å². The van der Waals surface area contributed by atoms with Gasteiger partial charge in [-0.25, -0.2) is 4.98 Å². The second kappa shape index (κ2) is 5.00. The van der Waals surface area contributed by atoms with Crippen LogP contribution in [0.15, 0.2) is 18.3 Å². The van der Waals surface area contributed by atoms with Crippen LogP contribution in [-0.4, -0.2) is 16.0 Å². The molecule has 17 heavy (non-hydrogen) atoms. The lowest BCUT2D eigenvalue weighted by Crippen LogP contribution is -2.26. The van der Waals surface area contributed by atoms with Crippen molar-refractivity contribution in [2.75, 3.05) is 5.32 Å².